The lowest BCUT2D eigenvalue weighted by Crippen LogP contribution is -2.44. The van der Waals surface area contributed by atoms with Gasteiger partial charge in [0.25, 0.3) is 0 Å². The highest BCUT2D eigenvalue weighted by atomic mass is 79.9. The Balaban J connectivity index is 1.64. The molecule has 1 fully saturated rings. The summed E-state index contributed by atoms with van der Waals surface area (Å²) in [7, 11) is -3.71. The first-order valence-corrected chi connectivity index (χ1v) is 12.1. The van der Waals surface area contributed by atoms with Gasteiger partial charge in [-0.05, 0) is 52.5 Å². The molecule has 10 heteroatoms. The van der Waals surface area contributed by atoms with Crippen LogP contribution in [0.5, 0.6) is 5.75 Å². The molecule has 0 spiro atoms. The summed E-state index contributed by atoms with van der Waals surface area (Å²) in [6.45, 7) is 0.596. The molecule has 1 amide bonds. The lowest BCUT2D eigenvalue weighted by Gasteiger charge is -2.33. The summed E-state index contributed by atoms with van der Waals surface area (Å²) >= 11 is 9.36. The molecule has 0 aliphatic carbocycles. The minimum absolute atomic E-state index is 0.122. The topological polar surface area (TPSA) is 87.2 Å². The molecule has 3 rings (SSSR count). The van der Waals surface area contributed by atoms with Crippen molar-refractivity contribution in [1.29, 1.82) is 0 Å². The van der Waals surface area contributed by atoms with E-state index in [-0.39, 0.29) is 12.5 Å². The molecule has 1 N–H and O–H groups in total. The molecule has 1 aliphatic rings. The van der Waals surface area contributed by atoms with E-state index in [2.05, 4.69) is 15.9 Å². The molecule has 162 valence electrons. The minimum atomic E-state index is -3.71. The van der Waals surface area contributed by atoms with Crippen LogP contribution in [-0.4, -0.2) is 54.3 Å². The number of halogens is 2. The van der Waals surface area contributed by atoms with E-state index in [1.54, 1.807) is 48.5 Å². The number of nitrogens with zero attached hydrogens (tertiary/aromatic N) is 2. The van der Waals surface area contributed by atoms with Crippen LogP contribution < -0.4 is 4.74 Å². The maximum atomic E-state index is 13.0. The molecule has 1 unspecified atom stereocenters. The van der Waals surface area contributed by atoms with Gasteiger partial charge in [-0.1, -0.05) is 41.9 Å². The first-order chi connectivity index (χ1) is 14.3. The quantitative estimate of drug-likeness (QED) is 0.326. The third kappa shape index (κ3) is 5.73. The van der Waals surface area contributed by atoms with E-state index >= 15 is 0 Å². The Labute approximate surface area is 189 Å². The van der Waals surface area contributed by atoms with Crippen molar-refractivity contribution < 1.29 is 23.2 Å². The predicted molar refractivity (Wildman–Crippen MR) is 117 cm³/mol. The van der Waals surface area contributed by atoms with Crippen molar-refractivity contribution in [1.82, 2.24) is 9.37 Å². The second kappa shape index (κ2) is 10.1. The fourth-order valence-corrected chi connectivity index (χ4v) is 5.86. The minimum Gasteiger partial charge on any atom is -0.489 e. The van der Waals surface area contributed by atoms with Crippen LogP contribution in [0.3, 0.4) is 0 Å². The maximum Gasteiger partial charge on any atom is 0.233 e. The van der Waals surface area contributed by atoms with E-state index < -0.39 is 21.8 Å². The summed E-state index contributed by atoms with van der Waals surface area (Å²) in [5, 5.41) is 10.9. The van der Waals surface area contributed by atoms with Crippen molar-refractivity contribution in [2.45, 2.75) is 25.0 Å². The number of carbonyl (C=O) groups is 1. The lowest BCUT2D eigenvalue weighted by atomic mass is 10.1. The molecule has 30 heavy (non-hydrogen) atoms. The Morgan fingerprint density at radius 2 is 1.90 bits per heavy atom. The van der Waals surface area contributed by atoms with Gasteiger partial charge in [0.2, 0.25) is 16.4 Å². The van der Waals surface area contributed by atoms with Gasteiger partial charge in [-0.2, -0.15) is 0 Å². The molecule has 0 saturated carbocycles. The molecular weight excluding hydrogens is 496 g/mol. The van der Waals surface area contributed by atoms with E-state index in [1.807, 2.05) is 0 Å². The molecule has 2 aromatic rings. The number of piperidine rings is 1. The summed E-state index contributed by atoms with van der Waals surface area (Å²) in [6, 6.07) is 12.9. The van der Waals surface area contributed by atoms with Crippen LogP contribution in [0.25, 0.3) is 0 Å². The Morgan fingerprint density at radius 3 is 2.50 bits per heavy atom. The first-order valence-electron chi connectivity index (χ1n) is 9.37. The second-order valence-electron chi connectivity index (χ2n) is 6.98. The molecule has 0 bridgehead atoms. The van der Waals surface area contributed by atoms with E-state index in [0.29, 0.717) is 47.3 Å². The van der Waals surface area contributed by atoms with Gasteiger partial charge in [0.15, 0.2) is 0 Å². The smallest absolute Gasteiger partial charge is 0.233 e. The molecule has 7 nitrogen and oxygen atoms in total. The molecule has 1 aliphatic heterocycles. The van der Waals surface area contributed by atoms with Crippen molar-refractivity contribution in [3.63, 3.8) is 0 Å². The molecule has 1 atom stereocenters. The highest BCUT2D eigenvalue weighted by molar-refractivity contribution is 9.10. The molecule has 0 radical (unpaired) electrons. The van der Waals surface area contributed by atoms with Gasteiger partial charge in [-0.3, -0.25) is 10.0 Å². The predicted octanol–water partition coefficient (Wildman–Crippen LogP) is 3.86. The van der Waals surface area contributed by atoms with Gasteiger partial charge in [0.05, 0.1) is 16.3 Å². The third-order valence-electron chi connectivity index (χ3n) is 4.96. The van der Waals surface area contributed by atoms with Gasteiger partial charge in [0.1, 0.15) is 11.9 Å². The van der Waals surface area contributed by atoms with E-state index in [4.69, 9.17) is 16.3 Å². The Hall–Kier alpha value is -1.65. The van der Waals surface area contributed by atoms with E-state index in [0.717, 1.165) is 4.47 Å². The molecule has 2 aromatic carbocycles. The van der Waals surface area contributed by atoms with Gasteiger partial charge < -0.3 is 4.74 Å². The zero-order valence-corrected chi connectivity index (χ0v) is 19.2. The SMILES string of the molecule is O=CN(O)C(CS(=O)(=O)N1CCC(Oc2ccc(Cl)cc2Br)CC1)c1ccccc1. The lowest BCUT2D eigenvalue weighted by molar-refractivity contribution is -0.159. The van der Waals surface area contributed by atoms with Crippen LogP contribution in [0.4, 0.5) is 0 Å². The highest BCUT2D eigenvalue weighted by Crippen LogP contribution is 2.31. The fraction of sp³-hybridized carbons (Fsp3) is 0.350. The Kier molecular flexibility index (Phi) is 7.75. The van der Waals surface area contributed by atoms with Crippen molar-refractivity contribution in [3.8, 4) is 5.75 Å². The average Bonchev–Trinajstić information content (AvgIpc) is 2.74. The fourth-order valence-electron chi connectivity index (χ4n) is 3.36. The zero-order chi connectivity index (χ0) is 21.7. The van der Waals surface area contributed by atoms with Crippen molar-refractivity contribution in [2.75, 3.05) is 18.8 Å². The summed E-state index contributed by atoms with van der Waals surface area (Å²) in [5.41, 5.74) is 0.543. The maximum absolute atomic E-state index is 13.0. The van der Waals surface area contributed by atoms with Crippen LogP contribution in [0.1, 0.15) is 24.4 Å². The number of ether oxygens (including phenoxy) is 1. The average molecular weight is 518 g/mol. The molecule has 1 saturated heterocycles. The van der Waals surface area contributed by atoms with Gasteiger partial charge in [0, 0.05) is 18.1 Å². The summed E-state index contributed by atoms with van der Waals surface area (Å²) < 4.78 is 34.0. The number of rotatable bonds is 8. The Morgan fingerprint density at radius 1 is 1.23 bits per heavy atom. The number of benzene rings is 2. The number of carbonyl (C=O) groups excluding carboxylic acids is 1. The van der Waals surface area contributed by atoms with Crippen LogP contribution in [0.15, 0.2) is 53.0 Å². The molecule has 0 aromatic heterocycles. The van der Waals surface area contributed by atoms with Crippen molar-refractivity contribution in [2.24, 2.45) is 0 Å². The van der Waals surface area contributed by atoms with E-state index in [1.165, 1.54) is 4.31 Å². The first kappa shape index (κ1) is 23.0. The standard InChI is InChI=1S/C20H22BrClN2O5S/c21-18-12-16(22)6-7-20(18)29-17-8-10-23(11-9-17)30(27,28)13-19(24(26)14-25)15-4-2-1-3-5-15/h1-7,12,14,17,19,26H,8-11,13H2. The summed E-state index contributed by atoms with van der Waals surface area (Å²) in [5.74, 6) is 0.257. The summed E-state index contributed by atoms with van der Waals surface area (Å²) in [6.07, 6.45) is 1.15. The molecular formula is C20H22BrClN2O5S. The highest BCUT2D eigenvalue weighted by Gasteiger charge is 2.33. The zero-order valence-electron chi connectivity index (χ0n) is 16.0. The van der Waals surface area contributed by atoms with Crippen LogP contribution in [0.2, 0.25) is 5.02 Å². The van der Waals surface area contributed by atoms with Crippen molar-refractivity contribution >= 4 is 44.0 Å². The second-order valence-corrected chi connectivity index (χ2v) is 10.3. The number of hydrogen-bond acceptors (Lipinski definition) is 5. The summed E-state index contributed by atoms with van der Waals surface area (Å²) in [4.78, 5) is 11.1. The molecule has 1 heterocycles. The van der Waals surface area contributed by atoms with Gasteiger partial charge in [-0.25, -0.2) is 17.8 Å². The third-order valence-corrected chi connectivity index (χ3v) is 7.71. The van der Waals surface area contributed by atoms with Gasteiger partial charge >= 0.3 is 0 Å². The Bertz CT molecular complexity index is 968. The van der Waals surface area contributed by atoms with Crippen LogP contribution >= 0.6 is 27.5 Å². The largest absolute Gasteiger partial charge is 0.489 e. The number of hydroxylamine groups is 2. The number of amides is 1. The van der Waals surface area contributed by atoms with Gasteiger partial charge in [-0.15, -0.1) is 0 Å². The number of hydrogen-bond donors (Lipinski definition) is 1. The number of sulfonamides is 1. The van der Waals surface area contributed by atoms with Crippen molar-refractivity contribution in [3.05, 3.63) is 63.6 Å². The monoisotopic (exact) mass is 516 g/mol. The van der Waals surface area contributed by atoms with Crippen LogP contribution in [0, 0.1) is 0 Å². The normalized spacial score (nSPS) is 16.8. The van der Waals surface area contributed by atoms with E-state index in [9.17, 15) is 18.4 Å². The van der Waals surface area contributed by atoms with Crippen LogP contribution in [-0.2, 0) is 14.8 Å².